The second kappa shape index (κ2) is 5.43. The van der Waals surface area contributed by atoms with Gasteiger partial charge >= 0.3 is 0 Å². The largest absolute Gasteiger partial charge is 0.384 e. The fourth-order valence-electron chi connectivity index (χ4n) is 2.12. The lowest BCUT2D eigenvalue weighted by Gasteiger charge is -2.09. The predicted molar refractivity (Wildman–Crippen MR) is 81.6 cm³/mol. The lowest BCUT2D eigenvalue weighted by molar-refractivity contribution is 0.648. The zero-order valence-electron chi connectivity index (χ0n) is 11.2. The van der Waals surface area contributed by atoms with Gasteiger partial charge < -0.3 is 5.73 Å². The molecule has 2 aromatic rings. The molecular weight excluding hydrogens is 281 g/mol. The van der Waals surface area contributed by atoms with E-state index in [2.05, 4.69) is 18.9 Å². The van der Waals surface area contributed by atoms with Crippen LogP contribution in [0.4, 0.5) is 5.82 Å². The van der Waals surface area contributed by atoms with E-state index in [0.29, 0.717) is 21.8 Å². The second-order valence-electron chi connectivity index (χ2n) is 5.03. The van der Waals surface area contributed by atoms with Crippen molar-refractivity contribution in [3.63, 3.8) is 0 Å². The fourth-order valence-corrected chi connectivity index (χ4v) is 2.69. The number of anilines is 1. The van der Waals surface area contributed by atoms with Crippen LogP contribution in [0.5, 0.6) is 0 Å². The summed E-state index contributed by atoms with van der Waals surface area (Å²) in [6.45, 7) is 4.29. The molecule has 0 radical (unpaired) electrons. The molecule has 0 aliphatic rings. The van der Waals surface area contributed by atoms with E-state index in [0.717, 1.165) is 23.2 Å². The molecule has 2 N–H and O–H groups in total. The van der Waals surface area contributed by atoms with Crippen LogP contribution in [0.2, 0.25) is 10.0 Å². The van der Waals surface area contributed by atoms with Crippen molar-refractivity contribution in [3.8, 4) is 11.3 Å². The first kappa shape index (κ1) is 14.2. The molecule has 0 bridgehead atoms. The number of hydrogen-bond donors (Lipinski definition) is 1. The Labute approximate surface area is 123 Å². The molecule has 102 valence electrons. The number of aromatic nitrogens is 2. The van der Waals surface area contributed by atoms with Crippen molar-refractivity contribution >= 4 is 29.0 Å². The maximum absolute atomic E-state index is 6.26. The van der Waals surface area contributed by atoms with Gasteiger partial charge in [-0.25, -0.2) is 0 Å². The number of hydrogen-bond acceptors (Lipinski definition) is 2. The van der Waals surface area contributed by atoms with Gasteiger partial charge in [0.15, 0.2) is 0 Å². The Balaban J connectivity index is 2.65. The lowest BCUT2D eigenvalue weighted by Crippen LogP contribution is -2.02. The Hall–Kier alpha value is -1.19. The Kier molecular flexibility index (Phi) is 4.07. The smallest absolute Gasteiger partial charge is 0.125 e. The van der Waals surface area contributed by atoms with Crippen LogP contribution in [0, 0.1) is 5.92 Å². The Morgan fingerprint density at radius 2 is 1.84 bits per heavy atom. The van der Waals surface area contributed by atoms with E-state index in [1.54, 1.807) is 4.68 Å². The van der Waals surface area contributed by atoms with Crippen LogP contribution < -0.4 is 5.73 Å². The standard InChI is InChI=1S/C14H17Cl2N3/c1-8(2)7-9-13(18-19(3)14(9)17)12-10(15)5-4-6-11(12)16/h4-6,8H,7,17H2,1-3H3. The first-order valence-electron chi connectivity index (χ1n) is 6.17. The topological polar surface area (TPSA) is 43.8 Å². The van der Waals surface area contributed by atoms with E-state index in [4.69, 9.17) is 28.9 Å². The summed E-state index contributed by atoms with van der Waals surface area (Å²) in [6.07, 6.45) is 0.844. The average Bonchev–Trinajstić information content (AvgIpc) is 2.57. The van der Waals surface area contributed by atoms with E-state index in [1.807, 2.05) is 25.2 Å². The maximum atomic E-state index is 6.26. The number of nitrogens with zero attached hydrogens (tertiary/aromatic N) is 2. The number of nitrogens with two attached hydrogens (primary N) is 1. The highest BCUT2D eigenvalue weighted by Crippen LogP contribution is 2.38. The summed E-state index contributed by atoms with van der Waals surface area (Å²) in [4.78, 5) is 0. The molecule has 2 rings (SSSR count). The highest BCUT2D eigenvalue weighted by atomic mass is 35.5. The van der Waals surface area contributed by atoms with E-state index in [1.165, 1.54) is 0 Å². The van der Waals surface area contributed by atoms with Gasteiger partial charge in [-0.15, -0.1) is 0 Å². The number of halogens is 2. The molecule has 0 saturated carbocycles. The third-order valence-corrected chi connectivity index (χ3v) is 3.64. The Bertz CT molecular complexity index is 583. The van der Waals surface area contributed by atoms with Crippen LogP contribution in [-0.2, 0) is 13.5 Å². The van der Waals surface area contributed by atoms with Crippen LogP contribution >= 0.6 is 23.2 Å². The molecule has 5 heteroatoms. The highest BCUT2D eigenvalue weighted by Gasteiger charge is 2.20. The van der Waals surface area contributed by atoms with Crippen molar-refractivity contribution in [3.05, 3.63) is 33.8 Å². The summed E-state index contributed by atoms with van der Waals surface area (Å²) in [7, 11) is 1.83. The molecular formula is C14H17Cl2N3. The molecule has 0 fully saturated rings. The van der Waals surface area contributed by atoms with Gasteiger partial charge in [0, 0.05) is 18.2 Å². The quantitative estimate of drug-likeness (QED) is 0.924. The number of aryl methyl sites for hydroxylation is 1. The molecule has 1 aromatic heterocycles. The van der Waals surface area contributed by atoms with Crippen molar-refractivity contribution in [2.45, 2.75) is 20.3 Å². The van der Waals surface area contributed by atoms with Crippen molar-refractivity contribution in [2.75, 3.05) is 5.73 Å². The van der Waals surface area contributed by atoms with Crippen molar-refractivity contribution in [1.82, 2.24) is 9.78 Å². The highest BCUT2D eigenvalue weighted by molar-refractivity contribution is 6.39. The van der Waals surface area contributed by atoms with Crippen LogP contribution in [0.25, 0.3) is 11.3 Å². The summed E-state index contributed by atoms with van der Waals surface area (Å²) in [5, 5.41) is 5.66. The minimum atomic E-state index is 0.478. The summed E-state index contributed by atoms with van der Waals surface area (Å²) in [5.41, 5.74) is 8.65. The minimum Gasteiger partial charge on any atom is -0.384 e. The molecule has 0 aliphatic heterocycles. The van der Waals surface area contributed by atoms with Crippen molar-refractivity contribution < 1.29 is 0 Å². The van der Waals surface area contributed by atoms with Gasteiger partial charge in [0.1, 0.15) is 11.5 Å². The van der Waals surface area contributed by atoms with E-state index in [9.17, 15) is 0 Å². The predicted octanol–water partition coefficient (Wildman–Crippen LogP) is 4.17. The van der Waals surface area contributed by atoms with Gasteiger partial charge in [0.05, 0.1) is 10.0 Å². The van der Waals surface area contributed by atoms with Crippen LogP contribution in [0.1, 0.15) is 19.4 Å². The molecule has 0 saturated heterocycles. The summed E-state index contributed by atoms with van der Waals surface area (Å²) < 4.78 is 1.67. The number of nitrogen functional groups attached to an aromatic ring is 1. The maximum Gasteiger partial charge on any atom is 0.125 e. The fraction of sp³-hybridized carbons (Fsp3) is 0.357. The Morgan fingerprint density at radius 3 is 2.37 bits per heavy atom. The van der Waals surface area contributed by atoms with Crippen molar-refractivity contribution in [1.29, 1.82) is 0 Å². The number of rotatable bonds is 3. The zero-order valence-corrected chi connectivity index (χ0v) is 12.8. The molecule has 0 atom stereocenters. The van der Waals surface area contributed by atoms with E-state index < -0.39 is 0 Å². The average molecular weight is 298 g/mol. The third kappa shape index (κ3) is 2.72. The van der Waals surface area contributed by atoms with Gasteiger partial charge in [-0.05, 0) is 24.5 Å². The molecule has 19 heavy (non-hydrogen) atoms. The molecule has 1 aromatic carbocycles. The van der Waals surface area contributed by atoms with Crippen LogP contribution in [0.3, 0.4) is 0 Å². The van der Waals surface area contributed by atoms with Gasteiger partial charge in [-0.3, -0.25) is 4.68 Å². The molecule has 0 unspecified atom stereocenters. The van der Waals surface area contributed by atoms with Gasteiger partial charge in [0.2, 0.25) is 0 Å². The van der Waals surface area contributed by atoms with Gasteiger partial charge in [-0.2, -0.15) is 5.10 Å². The van der Waals surface area contributed by atoms with Crippen LogP contribution in [0.15, 0.2) is 18.2 Å². The third-order valence-electron chi connectivity index (χ3n) is 3.01. The summed E-state index contributed by atoms with van der Waals surface area (Å²) >= 11 is 12.5. The van der Waals surface area contributed by atoms with Gasteiger partial charge in [0.25, 0.3) is 0 Å². The first-order valence-corrected chi connectivity index (χ1v) is 6.93. The molecule has 0 amide bonds. The number of benzene rings is 1. The summed E-state index contributed by atoms with van der Waals surface area (Å²) in [5.74, 6) is 1.14. The summed E-state index contributed by atoms with van der Waals surface area (Å²) in [6, 6.07) is 5.45. The molecule has 0 aliphatic carbocycles. The SMILES string of the molecule is CC(C)Cc1c(-c2c(Cl)cccc2Cl)nn(C)c1N. The molecule has 3 nitrogen and oxygen atoms in total. The second-order valence-corrected chi connectivity index (χ2v) is 5.85. The molecule has 0 spiro atoms. The van der Waals surface area contributed by atoms with Crippen LogP contribution in [-0.4, -0.2) is 9.78 Å². The zero-order chi connectivity index (χ0) is 14.2. The normalized spacial score (nSPS) is 11.3. The Morgan fingerprint density at radius 1 is 1.26 bits per heavy atom. The van der Waals surface area contributed by atoms with E-state index >= 15 is 0 Å². The van der Waals surface area contributed by atoms with E-state index in [-0.39, 0.29) is 0 Å². The lowest BCUT2D eigenvalue weighted by atomic mass is 9.99. The monoisotopic (exact) mass is 297 g/mol. The van der Waals surface area contributed by atoms with Crippen molar-refractivity contribution in [2.24, 2.45) is 13.0 Å². The molecule has 1 heterocycles. The minimum absolute atomic E-state index is 0.478. The first-order chi connectivity index (χ1) is 8.91. The van der Waals surface area contributed by atoms with Gasteiger partial charge in [-0.1, -0.05) is 43.1 Å².